The van der Waals surface area contributed by atoms with Gasteiger partial charge in [-0.15, -0.1) is 0 Å². The first kappa shape index (κ1) is 37.8. The van der Waals surface area contributed by atoms with E-state index in [1.807, 2.05) is 48.5 Å². The molecule has 3 aliphatic carbocycles. The van der Waals surface area contributed by atoms with E-state index in [0.717, 1.165) is 23.1 Å². The molecule has 3 aliphatic rings. The van der Waals surface area contributed by atoms with Gasteiger partial charge in [-0.1, -0.05) is 61.0 Å². The van der Waals surface area contributed by atoms with E-state index in [2.05, 4.69) is 25.2 Å². The van der Waals surface area contributed by atoms with Crippen LogP contribution >= 0.6 is 0 Å². The maximum Gasteiger partial charge on any atom is 0.322 e. The Bertz CT molecular complexity index is 1910. The van der Waals surface area contributed by atoms with Gasteiger partial charge in [0.1, 0.15) is 11.5 Å². The van der Waals surface area contributed by atoms with Gasteiger partial charge in [0.25, 0.3) is 0 Å². The van der Waals surface area contributed by atoms with E-state index >= 15 is 0 Å². The van der Waals surface area contributed by atoms with Crippen molar-refractivity contribution in [2.75, 3.05) is 26.1 Å². The number of allylic oxidation sites excluding steroid dienone is 2. The van der Waals surface area contributed by atoms with Crippen molar-refractivity contribution in [2.45, 2.75) is 83.0 Å². The topological polar surface area (TPSA) is 108 Å². The van der Waals surface area contributed by atoms with Gasteiger partial charge < -0.3 is 29.9 Å². The standard InChI is InChI=1S/C45H52N2O6/c1-31-9-8-25-44(2)41(39-23-13-33(27-36(48)18-12-31)28-40(39)42(49)34-14-19-37(52-3)20-15-34)24-26-45(44,51)30-47(29-32-10-6-5-7-11-32)43(50)46-35-16-21-38(53-4)22-17-35/h5-7,9-11,13-17,19-23,28,36,41,48,51H,8,12,18,24-27,29-30H2,1-4H3,(H,46,50). The number of amides is 2. The van der Waals surface area contributed by atoms with E-state index < -0.39 is 17.1 Å². The summed E-state index contributed by atoms with van der Waals surface area (Å²) in [6, 6.07) is 29.9. The molecule has 0 aromatic heterocycles. The Kier molecular flexibility index (Phi) is 11.7. The Morgan fingerprint density at radius 1 is 0.887 bits per heavy atom. The maximum atomic E-state index is 14.4. The molecule has 8 nitrogen and oxygen atoms in total. The van der Waals surface area contributed by atoms with Crippen LogP contribution in [0.15, 0.2) is 109 Å². The third-order valence-electron chi connectivity index (χ3n) is 11.6. The predicted octanol–water partition coefficient (Wildman–Crippen LogP) is 8.71. The zero-order valence-electron chi connectivity index (χ0n) is 31.3. The third kappa shape index (κ3) is 8.50. The molecule has 2 amide bonds. The zero-order chi connectivity index (χ0) is 37.6. The monoisotopic (exact) mass is 716 g/mol. The van der Waals surface area contributed by atoms with Gasteiger partial charge in [-0.05, 0) is 129 Å². The number of methoxy groups -OCH3 is 2. The molecule has 0 spiro atoms. The molecule has 7 rings (SSSR count). The van der Waals surface area contributed by atoms with Crippen molar-refractivity contribution >= 4 is 17.5 Å². The molecule has 0 radical (unpaired) electrons. The molecule has 0 heterocycles. The van der Waals surface area contributed by atoms with Gasteiger partial charge in [0.05, 0.1) is 32.5 Å². The van der Waals surface area contributed by atoms with Crippen molar-refractivity contribution in [3.8, 4) is 11.5 Å². The molecule has 4 aromatic carbocycles. The summed E-state index contributed by atoms with van der Waals surface area (Å²) in [5.41, 5.74) is 3.71. The fourth-order valence-electron chi connectivity index (χ4n) is 8.29. The maximum absolute atomic E-state index is 14.4. The molecule has 1 saturated carbocycles. The number of aliphatic hydroxyl groups is 2. The number of nitrogens with one attached hydrogen (secondary N) is 1. The number of carbonyl (C=O) groups excluding carboxylic acids is 2. The number of ketones is 1. The number of nitrogens with zero attached hydrogens (tertiary/aromatic N) is 1. The first-order valence-electron chi connectivity index (χ1n) is 18.6. The first-order chi connectivity index (χ1) is 25.5. The van der Waals surface area contributed by atoms with E-state index in [1.165, 1.54) is 5.57 Å². The van der Waals surface area contributed by atoms with Crippen LogP contribution in [0.3, 0.4) is 0 Å². The lowest BCUT2D eigenvalue weighted by Crippen LogP contribution is -2.54. The van der Waals surface area contributed by atoms with E-state index in [-0.39, 0.29) is 24.3 Å². The molecule has 2 bridgehead atoms. The summed E-state index contributed by atoms with van der Waals surface area (Å²) in [4.78, 5) is 30.3. The smallest absolute Gasteiger partial charge is 0.322 e. The summed E-state index contributed by atoms with van der Waals surface area (Å²) in [7, 11) is 3.20. The molecular formula is C45H52N2O6. The molecule has 4 atom stereocenters. The average molecular weight is 717 g/mol. The number of carbonyl (C=O) groups is 2. The highest BCUT2D eigenvalue weighted by atomic mass is 16.5. The summed E-state index contributed by atoms with van der Waals surface area (Å²) in [5, 5.41) is 27.1. The van der Waals surface area contributed by atoms with Crippen molar-refractivity contribution < 1.29 is 29.3 Å². The molecule has 0 aliphatic heterocycles. The lowest BCUT2D eigenvalue weighted by Gasteiger charge is -2.46. The second-order valence-electron chi connectivity index (χ2n) is 15.0. The van der Waals surface area contributed by atoms with Crippen LogP contribution in [0.25, 0.3) is 0 Å². The van der Waals surface area contributed by atoms with Crippen molar-refractivity contribution in [2.24, 2.45) is 5.41 Å². The average Bonchev–Trinajstić information content (AvgIpc) is 3.42. The second kappa shape index (κ2) is 16.4. The number of aliphatic hydroxyl groups excluding tert-OH is 1. The highest BCUT2D eigenvalue weighted by Crippen LogP contribution is 2.59. The van der Waals surface area contributed by atoms with Crippen molar-refractivity contribution in [1.29, 1.82) is 0 Å². The predicted molar refractivity (Wildman–Crippen MR) is 209 cm³/mol. The number of fused-ring (bicyclic) bond motifs is 8. The third-order valence-corrected chi connectivity index (χ3v) is 11.6. The van der Waals surface area contributed by atoms with Crippen molar-refractivity contribution in [3.63, 3.8) is 0 Å². The van der Waals surface area contributed by atoms with Crippen LogP contribution in [0.1, 0.15) is 90.9 Å². The molecule has 3 N–H and O–H groups in total. The van der Waals surface area contributed by atoms with E-state index in [0.29, 0.717) is 73.4 Å². The SMILES string of the molecule is COc1ccc(NC(=O)N(Cc2ccccc2)CC2(O)CCC3c4ccc(cc4C(=O)c4ccc(OC)cc4)CC(O)CCC(C)=CCCC32C)cc1. The van der Waals surface area contributed by atoms with Gasteiger partial charge in [-0.25, -0.2) is 4.79 Å². The van der Waals surface area contributed by atoms with E-state index in [4.69, 9.17) is 9.47 Å². The molecule has 8 heteroatoms. The van der Waals surface area contributed by atoms with Gasteiger partial charge in [-0.2, -0.15) is 0 Å². The van der Waals surface area contributed by atoms with Gasteiger partial charge in [0.2, 0.25) is 0 Å². The van der Waals surface area contributed by atoms with Crippen LogP contribution in [0.5, 0.6) is 11.5 Å². The second-order valence-corrected chi connectivity index (χ2v) is 15.0. The highest BCUT2D eigenvalue weighted by Gasteiger charge is 2.57. The van der Waals surface area contributed by atoms with Crippen LogP contribution in [0.2, 0.25) is 0 Å². The Labute approximate surface area is 313 Å². The Morgan fingerprint density at radius 3 is 2.25 bits per heavy atom. The summed E-state index contributed by atoms with van der Waals surface area (Å²) in [6.07, 6.45) is 5.97. The van der Waals surface area contributed by atoms with E-state index in [9.17, 15) is 19.8 Å². The number of anilines is 1. The molecule has 1 fully saturated rings. The van der Waals surface area contributed by atoms with Crippen molar-refractivity contribution in [3.05, 3.63) is 137 Å². The largest absolute Gasteiger partial charge is 0.497 e. The van der Waals surface area contributed by atoms with Gasteiger partial charge >= 0.3 is 6.03 Å². The number of benzene rings is 4. The minimum atomic E-state index is -1.28. The van der Waals surface area contributed by atoms with Crippen LogP contribution in [-0.2, 0) is 13.0 Å². The summed E-state index contributed by atoms with van der Waals surface area (Å²) >= 11 is 0. The fourth-order valence-corrected chi connectivity index (χ4v) is 8.29. The Morgan fingerprint density at radius 2 is 1.57 bits per heavy atom. The summed E-state index contributed by atoms with van der Waals surface area (Å²) in [6.45, 7) is 4.65. The van der Waals surface area contributed by atoms with Crippen LogP contribution in [0.4, 0.5) is 10.5 Å². The van der Waals surface area contributed by atoms with Gasteiger partial charge in [0.15, 0.2) is 5.78 Å². The summed E-state index contributed by atoms with van der Waals surface area (Å²) < 4.78 is 10.7. The summed E-state index contributed by atoms with van der Waals surface area (Å²) in [5.74, 6) is 1.07. The van der Waals surface area contributed by atoms with Crippen LogP contribution < -0.4 is 14.8 Å². The quantitative estimate of drug-likeness (QED) is 0.118. The Hall–Kier alpha value is -4.92. The number of rotatable bonds is 9. The molecule has 4 aromatic rings. The molecular weight excluding hydrogens is 665 g/mol. The zero-order valence-corrected chi connectivity index (χ0v) is 31.3. The van der Waals surface area contributed by atoms with E-state index in [1.54, 1.807) is 67.7 Å². The minimum absolute atomic E-state index is 0.103. The molecule has 53 heavy (non-hydrogen) atoms. The number of hydrogen-bond acceptors (Lipinski definition) is 6. The highest BCUT2D eigenvalue weighted by molar-refractivity contribution is 6.10. The van der Waals surface area contributed by atoms with Crippen LogP contribution in [-0.4, -0.2) is 59.4 Å². The van der Waals surface area contributed by atoms with Gasteiger partial charge in [0, 0.05) is 28.8 Å². The normalized spacial score (nSPS) is 22.9. The molecule has 4 unspecified atom stereocenters. The van der Waals surface area contributed by atoms with Gasteiger partial charge in [-0.3, -0.25) is 4.79 Å². The lowest BCUT2D eigenvalue weighted by molar-refractivity contribution is -0.0773. The minimum Gasteiger partial charge on any atom is -0.497 e. The number of urea groups is 1. The Balaban J connectivity index is 1.40. The molecule has 278 valence electrons. The van der Waals surface area contributed by atoms with Crippen molar-refractivity contribution in [1.82, 2.24) is 4.90 Å². The van der Waals surface area contributed by atoms with Crippen LogP contribution in [0, 0.1) is 5.41 Å². The fraction of sp³-hybridized carbons (Fsp3) is 0.378. The first-order valence-corrected chi connectivity index (χ1v) is 18.6. The molecule has 0 saturated heterocycles. The number of hydrogen-bond donors (Lipinski definition) is 3. The number of ether oxygens (including phenoxy) is 2. The lowest BCUT2D eigenvalue weighted by atomic mass is 9.64.